The van der Waals surface area contributed by atoms with Gasteiger partial charge in [0, 0.05) is 5.56 Å². The van der Waals surface area contributed by atoms with Crippen molar-refractivity contribution in [3.63, 3.8) is 0 Å². The second-order valence-electron chi connectivity index (χ2n) is 8.01. The number of amides is 1. The highest BCUT2D eigenvalue weighted by Crippen LogP contribution is 2.31. The monoisotopic (exact) mass is 466 g/mol. The van der Waals surface area contributed by atoms with E-state index in [1.54, 1.807) is 30.3 Å². The van der Waals surface area contributed by atoms with Crippen LogP contribution in [0.4, 0.5) is 5.69 Å². The number of hydrogen-bond acceptors (Lipinski definition) is 3. The van der Waals surface area contributed by atoms with Gasteiger partial charge in [-0.2, -0.15) is 5.26 Å². The first-order chi connectivity index (χ1) is 16.5. The molecule has 0 heterocycles. The number of benzene rings is 4. The Morgan fingerprint density at radius 3 is 2.53 bits per heavy atom. The fourth-order valence-corrected chi connectivity index (χ4v) is 3.83. The fraction of sp³-hybridized carbons (Fsp3) is 0.103. The van der Waals surface area contributed by atoms with Crippen molar-refractivity contribution in [2.24, 2.45) is 0 Å². The summed E-state index contributed by atoms with van der Waals surface area (Å²) in [5.74, 6) is 0.0545. The van der Waals surface area contributed by atoms with Crippen molar-refractivity contribution in [2.45, 2.75) is 20.5 Å². The Balaban J connectivity index is 1.70. The summed E-state index contributed by atoms with van der Waals surface area (Å²) in [6, 6.07) is 26.8. The van der Waals surface area contributed by atoms with E-state index in [0.29, 0.717) is 28.6 Å². The molecule has 0 fully saturated rings. The Labute approximate surface area is 204 Å². The average Bonchev–Trinajstić information content (AvgIpc) is 2.85. The molecule has 4 rings (SSSR count). The number of nitrogens with one attached hydrogen (secondary N) is 1. The lowest BCUT2D eigenvalue weighted by Crippen LogP contribution is -2.13. The number of rotatable bonds is 6. The van der Waals surface area contributed by atoms with E-state index in [0.717, 1.165) is 16.3 Å². The molecule has 0 aliphatic carbocycles. The maximum atomic E-state index is 12.9. The van der Waals surface area contributed by atoms with Gasteiger partial charge in [-0.15, -0.1) is 0 Å². The SMILES string of the molecule is Cc1ccc(COc2ccc3ccccc3c2/C=C(\C#N)C(=O)Nc2ccccc2Cl)cc1C. The molecule has 0 unspecified atom stereocenters. The van der Waals surface area contributed by atoms with Gasteiger partial charge in [0.1, 0.15) is 24.0 Å². The van der Waals surface area contributed by atoms with Crippen molar-refractivity contribution < 1.29 is 9.53 Å². The van der Waals surface area contributed by atoms with Crippen LogP contribution in [0, 0.1) is 25.2 Å². The van der Waals surface area contributed by atoms with Crippen molar-refractivity contribution in [2.75, 3.05) is 5.32 Å². The van der Waals surface area contributed by atoms with E-state index in [1.807, 2.05) is 48.5 Å². The molecular weight excluding hydrogens is 444 g/mol. The lowest BCUT2D eigenvalue weighted by Gasteiger charge is -2.14. The summed E-state index contributed by atoms with van der Waals surface area (Å²) in [6.07, 6.45) is 1.57. The highest BCUT2D eigenvalue weighted by atomic mass is 35.5. The number of anilines is 1. The number of ether oxygens (including phenoxy) is 1. The van der Waals surface area contributed by atoms with Crippen LogP contribution >= 0.6 is 11.6 Å². The minimum absolute atomic E-state index is 0.0488. The van der Waals surface area contributed by atoms with Crippen molar-refractivity contribution in [1.82, 2.24) is 0 Å². The van der Waals surface area contributed by atoms with Crippen molar-refractivity contribution in [1.29, 1.82) is 5.26 Å². The smallest absolute Gasteiger partial charge is 0.266 e. The first kappa shape index (κ1) is 23.1. The molecule has 0 aliphatic heterocycles. The molecule has 34 heavy (non-hydrogen) atoms. The first-order valence-corrected chi connectivity index (χ1v) is 11.2. The molecule has 5 heteroatoms. The van der Waals surface area contributed by atoms with E-state index in [1.165, 1.54) is 11.1 Å². The molecule has 4 aromatic rings. The van der Waals surface area contributed by atoms with Gasteiger partial charge in [0.2, 0.25) is 0 Å². The lowest BCUT2D eigenvalue weighted by atomic mass is 10.0. The van der Waals surface area contributed by atoms with Gasteiger partial charge in [-0.25, -0.2) is 0 Å². The molecule has 4 aromatic carbocycles. The Hall–Kier alpha value is -4.07. The van der Waals surface area contributed by atoms with Crippen LogP contribution in [0.3, 0.4) is 0 Å². The van der Waals surface area contributed by atoms with Gasteiger partial charge in [0.05, 0.1) is 10.7 Å². The largest absolute Gasteiger partial charge is 0.488 e. The third-order valence-electron chi connectivity index (χ3n) is 5.67. The zero-order valence-corrected chi connectivity index (χ0v) is 19.7. The minimum atomic E-state index is -0.538. The van der Waals surface area contributed by atoms with E-state index in [-0.39, 0.29) is 5.57 Å². The van der Waals surface area contributed by atoms with E-state index < -0.39 is 5.91 Å². The van der Waals surface area contributed by atoms with E-state index in [9.17, 15) is 10.1 Å². The van der Waals surface area contributed by atoms with Crippen LogP contribution in [0.1, 0.15) is 22.3 Å². The van der Waals surface area contributed by atoms with Gasteiger partial charge < -0.3 is 10.1 Å². The van der Waals surface area contributed by atoms with Gasteiger partial charge in [-0.05, 0) is 65.6 Å². The average molecular weight is 467 g/mol. The number of carbonyl (C=O) groups excluding carboxylic acids is 1. The van der Waals surface area contributed by atoms with Crippen molar-refractivity contribution in [3.8, 4) is 11.8 Å². The molecule has 1 N–H and O–H groups in total. The molecule has 4 nitrogen and oxygen atoms in total. The second-order valence-corrected chi connectivity index (χ2v) is 8.42. The first-order valence-electron chi connectivity index (χ1n) is 10.8. The number of hydrogen-bond donors (Lipinski definition) is 1. The van der Waals surface area contributed by atoms with Gasteiger partial charge in [-0.1, -0.05) is 72.3 Å². The van der Waals surface area contributed by atoms with E-state index in [4.69, 9.17) is 16.3 Å². The minimum Gasteiger partial charge on any atom is -0.488 e. The predicted molar refractivity (Wildman–Crippen MR) is 138 cm³/mol. The standard InChI is InChI=1S/C29H23ClN2O2/c1-19-11-12-21(15-20(19)2)18-34-28-14-13-22-7-3-4-8-24(22)25(28)16-23(17-31)29(33)32-27-10-6-5-9-26(27)30/h3-16H,18H2,1-2H3,(H,32,33)/b23-16+. The maximum Gasteiger partial charge on any atom is 0.266 e. The van der Waals surface area contributed by atoms with E-state index in [2.05, 4.69) is 31.3 Å². The van der Waals surface area contributed by atoms with Crippen LogP contribution in [-0.2, 0) is 11.4 Å². The summed E-state index contributed by atoms with van der Waals surface area (Å²) < 4.78 is 6.18. The number of aryl methyl sites for hydroxylation is 2. The normalized spacial score (nSPS) is 11.2. The van der Waals surface area contributed by atoms with Crippen LogP contribution in [0.15, 0.2) is 84.4 Å². The molecule has 0 spiro atoms. The van der Waals surface area contributed by atoms with Gasteiger partial charge >= 0.3 is 0 Å². The van der Waals surface area contributed by atoms with Crippen LogP contribution in [0.25, 0.3) is 16.8 Å². The fourth-order valence-electron chi connectivity index (χ4n) is 3.65. The lowest BCUT2D eigenvalue weighted by molar-refractivity contribution is -0.112. The van der Waals surface area contributed by atoms with Crippen LogP contribution in [-0.4, -0.2) is 5.91 Å². The molecule has 0 atom stereocenters. The number of nitrogens with zero attached hydrogens (tertiary/aromatic N) is 1. The summed E-state index contributed by atoms with van der Waals surface area (Å²) in [6.45, 7) is 4.51. The summed E-state index contributed by atoms with van der Waals surface area (Å²) in [4.78, 5) is 12.9. The Morgan fingerprint density at radius 1 is 1.00 bits per heavy atom. The van der Waals surface area contributed by atoms with Crippen molar-refractivity contribution in [3.05, 3.63) is 112 Å². The van der Waals surface area contributed by atoms with Crippen LogP contribution in [0.5, 0.6) is 5.75 Å². The van der Waals surface area contributed by atoms with Crippen LogP contribution in [0.2, 0.25) is 5.02 Å². The molecule has 0 saturated heterocycles. The molecule has 0 saturated carbocycles. The summed E-state index contributed by atoms with van der Waals surface area (Å²) in [5, 5.41) is 14.8. The van der Waals surface area contributed by atoms with Gasteiger partial charge in [-0.3, -0.25) is 4.79 Å². The molecule has 0 radical (unpaired) electrons. The number of halogens is 1. The molecule has 0 aromatic heterocycles. The van der Waals surface area contributed by atoms with Gasteiger partial charge in [0.25, 0.3) is 5.91 Å². The number of nitriles is 1. The number of fused-ring (bicyclic) bond motifs is 1. The molecule has 0 bridgehead atoms. The summed E-state index contributed by atoms with van der Waals surface area (Å²) in [7, 11) is 0. The van der Waals surface area contributed by atoms with Gasteiger partial charge in [0.15, 0.2) is 0 Å². The number of carbonyl (C=O) groups is 1. The third kappa shape index (κ3) is 5.11. The molecule has 168 valence electrons. The quantitative estimate of drug-likeness (QED) is 0.241. The topological polar surface area (TPSA) is 62.1 Å². The third-order valence-corrected chi connectivity index (χ3v) is 6.00. The Bertz CT molecular complexity index is 1450. The Morgan fingerprint density at radius 2 is 1.76 bits per heavy atom. The van der Waals surface area contributed by atoms with E-state index >= 15 is 0 Å². The zero-order valence-electron chi connectivity index (χ0n) is 18.9. The second kappa shape index (κ2) is 10.2. The Kier molecular flexibility index (Phi) is 6.96. The van der Waals surface area contributed by atoms with Crippen LogP contribution < -0.4 is 10.1 Å². The highest BCUT2D eigenvalue weighted by Gasteiger charge is 2.15. The molecular formula is C29H23ClN2O2. The summed E-state index contributed by atoms with van der Waals surface area (Å²) >= 11 is 6.16. The highest BCUT2D eigenvalue weighted by molar-refractivity contribution is 6.34. The zero-order chi connectivity index (χ0) is 24.1. The molecule has 1 amide bonds. The predicted octanol–water partition coefficient (Wildman–Crippen LogP) is 7.23. The molecule has 0 aliphatic rings. The number of para-hydroxylation sites is 1. The maximum absolute atomic E-state index is 12.9. The summed E-state index contributed by atoms with van der Waals surface area (Å²) in [5.41, 5.74) is 4.53. The van der Waals surface area contributed by atoms with Crippen molar-refractivity contribution >= 4 is 40.0 Å².